The van der Waals surface area contributed by atoms with Gasteiger partial charge in [0.05, 0.1) is 4.90 Å². The Morgan fingerprint density at radius 2 is 1.83 bits per heavy atom. The average Bonchev–Trinajstić information content (AvgIpc) is 3.28. The predicted octanol–water partition coefficient (Wildman–Crippen LogP) is 4.44. The number of primary sulfonamides is 1. The first kappa shape index (κ1) is 23.5. The summed E-state index contributed by atoms with van der Waals surface area (Å²) < 4.78 is 37.9. The molecule has 3 heterocycles. The van der Waals surface area contributed by atoms with E-state index in [-0.39, 0.29) is 10.7 Å². The predicted molar refractivity (Wildman–Crippen MR) is 136 cm³/mol. The summed E-state index contributed by atoms with van der Waals surface area (Å²) in [7, 11) is -1.58. The van der Waals surface area contributed by atoms with Crippen LogP contribution in [0.2, 0.25) is 0 Å². The minimum absolute atomic E-state index is 0.0677. The summed E-state index contributed by atoms with van der Waals surface area (Å²) in [5, 5.41) is 9.36. The third-order valence-corrected chi connectivity index (χ3v) is 7.65. The standard InChI is InChI=1S/C26H28FN5O2S/c1-32-12-9-18(10-13-32)25-15-23-21(8-11-29-26(23)31-25)22-14-19(4-7-24(22)27)30-16-17-2-5-20(6-3-17)35(28,33)34/h2-8,11,14-15,18,30H,9-10,12-13,16H2,1H3,(H,29,31)(H2,28,33,34). The molecule has 182 valence electrons. The third kappa shape index (κ3) is 5.07. The Balaban J connectivity index is 1.40. The lowest BCUT2D eigenvalue weighted by molar-refractivity contribution is 0.254. The highest BCUT2D eigenvalue weighted by atomic mass is 32.2. The number of aromatic amines is 1. The molecule has 9 heteroatoms. The summed E-state index contributed by atoms with van der Waals surface area (Å²) in [6.07, 6.45) is 3.88. The van der Waals surface area contributed by atoms with Crippen molar-refractivity contribution in [3.63, 3.8) is 0 Å². The number of likely N-dealkylation sites (tertiary alicyclic amines) is 1. The van der Waals surface area contributed by atoms with Crippen LogP contribution in [0, 0.1) is 5.82 Å². The molecule has 0 saturated carbocycles. The second-order valence-corrected chi connectivity index (χ2v) is 10.7. The monoisotopic (exact) mass is 493 g/mol. The number of benzene rings is 2. The maximum Gasteiger partial charge on any atom is 0.238 e. The molecule has 0 unspecified atom stereocenters. The van der Waals surface area contributed by atoms with Crippen molar-refractivity contribution < 1.29 is 12.8 Å². The summed E-state index contributed by atoms with van der Waals surface area (Å²) in [5.41, 5.74) is 4.86. The first-order chi connectivity index (χ1) is 16.8. The quantitative estimate of drug-likeness (QED) is 0.368. The summed E-state index contributed by atoms with van der Waals surface area (Å²) >= 11 is 0. The normalized spacial score (nSPS) is 15.5. The van der Waals surface area contributed by atoms with E-state index in [1.54, 1.807) is 30.5 Å². The number of pyridine rings is 1. The van der Waals surface area contributed by atoms with E-state index >= 15 is 0 Å². The van der Waals surface area contributed by atoms with Crippen molar-refractivity contribution in [1.82, 2.24) is 14.9 Å². The SMILES string of the molecule is CN1CCC(c2cc3c(-c4cc(NCc5ccc(S(N)(=O)=O)cc5)ccc4F)ccnc3[nH]2)CC1. The Bertz CT molecular complexity index is 1460. The highest BCUT2D eigenvalue weighted by Crippen LogP contribution is 2.35. The maximum atomic E-state index is 15.0. The lowest BCUT2D eigenvalue weighted by atomic mass is 9.93. The van der Waals surface area contributed by atoms with Crippen molar-refractivity contribution in [3.05, 3.63) is 77.9 Å². The van der Waals surface area contributed by atoms with Crippen LogP contribution in [-0.4, -0.2) is 43.4 Å². The van der Waals surface area contributed by atoms with Gasteiger partial charge >= 0.3 is 0 Å². The molecule has 2 aromatic carbocycles. The van der Waals surface area contributed by atoms with Crippen LogP contribution in [0.4, 0.5) is 10.1 Å². The molecule has 4 N–H and O–H groups in total. The van der Waals surface area contributed by atoms with Gasteiger partial charge < -0.3 is 15.2 Å². The van der Waals surface area contributed by atoms with Crippen molar-refractivity contribution in [3.8, 4) is 11.1 Å². The number of nitrogens with one attached hydrogen (secondary N) is 2. The topological polar surface area (TPSA) is 104 Å². The van der Waals surface area contributed by atoms with Crippen LogP contribution in [0.3, 0.4) is 0 Å². The number of hydrogen-bond acceptors (Lipinski definition) is 5. The number of nitrogens with zero attached hydrogens (tertiary/aromatic N) is 2. The van der Waals surface area contributed by atoms with E-state index in [2.05, 4.69) is 33.3 Å². The molecular weight excluding hydrogens is 465 g/mol. The second kappa shape index (κ2) is 9.41. The van der Waals surface area contributed by atoms with E-state index in [1.165, 1.54) is 18.2 Å². The summed E-state index contributed by atoms with van der Waals surface area (Å²) in [4.78, 5) is 10.4. The van der Waals surface area contributed by atoms with Crippen LogP contribution < -0.4 is 10.5 Å². The van der Waals surface area contributed by atoms with E-state index < -0.39 is 10.0 Å². The van der Waals surface area contributed by atoms with Gasteiger partial charge in [-0.15, -0.1) is 0 Å². The third-order valence-electron chi connectivity index (χ3n) is 6.72. The van der Waals surface area contributed by atoms with E-state index in [4.69, 9.17) is 5.14 Å². The van der Waals surface area contributed by atoms with E-state index in [0.29, 0.717) is 18.0 Å². The van der Waals surface area contributed by atoms with Crippen LogP contribution in [0.15, 0.2) is 65.7 Å². The molecule has 0 amide bonds. The minimum Gasteiger partial charge on any atom is -0.381 e. The molecule has 1 aliphatic rings. The van der Waals surface area contributed by atoms with E-state index in [0.717, 1.165) is 59.5 Å². The van der Waals surface area contributed by atoms with E-state index in [1.807, 2.05) is 6.07 Å². The molecule has 35 heavy (non-hydrogen) atoms. The number of anilines is 1. The van der Waals surface area contributed by atoms with Crippen LogP contribution in [0.5, 0.6) is 0 Å². The number of nitrogens with two attached hydrogens (primary N) is 1. The molecule has 0 atom stereocenters. The average molecular weight is 494 g/mol. The van der Waals surface area contributed by atoms with Gasteiger partial charge in [-0.25, -0.2) is 22.9 Å². The van der Waals surface area contributed by atoms with Gasteiger partial charge in [-0.1, -0.05) is 12.1 Å². The lowest BCUT2D eigenvalue weighted by Gasteiger charge is -2.28. The fraction of sp³-hybridized carbons (Fsp3) is 0.269. The smallest absolute Gasteiger partial charge is 0.238 e. The van der Waals surface area contributed by atoms with Crippen molar-refractivity contribution in [2.75, 3.05) is 25.5 Å². The molecule has 0 aliphatic carbocycles. The van der Waals surface area contributed by atoms with Gasteiger partial charge in [0.15, 0.2) is 0 Å². The first-order valence-corrected chi connectivity index (χ1v) is 13.1. The molecule has 0 bridgehead atoms. The fourth-order valence-corrected chi connectivity index (χ4v) is 5.18. The Labute approximate surface area is 204 Å². The Morgan fingerprint density at radius 3 is 2.54 bits per heavy atom. The number of piperidine rings is 1. The van der Waals surface area contributed by atoms with Crippen molar-refractivity contribution in [2.24, 2.45) is 5.14 Å². The van der Waals surface area contributed by atoms with Gasteiger partial charge in [0, 0.05) is 41.0 Å². The van der Waals surface area contributed by atoms with E-state index in [9.17, 15) is 12.8 Å². The Morgan fingerprint density at radius 1 is 1.09 bits per heavy atom. The van der Waals surface area contributed by atoms with Crippen LogP contribution in [0.1, 0.15) is 30.0 Å². The van der Waals surface area contributed by atoms with Gasteiger partial charge in [-0.05, 0) is 86.6 Å². The molecule has 4 aromatic rings. The number of hydrogen-bond donors (Lipinski definition) is 3. The molecule has 0 spiro atoms. The van der Waals surface area contributed by atoms with Crippen LogP contribution in [0.25, 0.3) is 22.2 Å². The van der Waals surface area contributed by atoms with Gasteiger partial charge in [-0.3, -0.25) is 0 Å². The zero-order valence-corrected chi connectivity index (χ0v) is 20.3. The zero-order chi connectivity index (χ0) is 24.6. The molecular formula is C26H28FN5O2S. The number of fused-ring (bicyclic) bond motifs is 1. The summed E-state index contributed by atoms with van der Waals surface area (Å²) in [5.74, 6) is 0.148. The Kier molecular flexibility index (Phi) is 6.31. The number of halogens is 1. The summed E-state index contributed by atoms with van der Waals surface area (Å²) in [6, 6.07) is 15.3. The van der Waals surface area contributed by atoms with Crippen LogP contribution >= 0.6 is 0 Å². The van der Waals surface area contributed by atoms with Crippen molar-refractivity contribution in [2.45, 2.75) is 30.2 Å². The highest BCUT2D eigenvalue weighted by Gasteiger charge is 2.21. The fourth-order valence-electron chi connectivity index (χ4n) is 4.66. The number of rotatable bonds is 6. The molecule has 2 aromatic heterocycles. The molecule has 0 radical (unpaired) electrons. The summed E-state index contributed by atoms with van der Waals surface area (Å²) in [6.45, 7) is 2.58. The molecule has 1 aliphatic heterocycles. The zero-order valence-electron chi connectivity index (χ0n) is 19.5. The largest absolute Gasteiger partial charge is 0.381 e. The maximum absolute atomic E-state index is 15.0. The van der Waals surface area contributed by atoms with Gasteiger partial charge in [0.25, 0.3) is 0 Å². The van der Waals surface area contributed by atoms with Gasteiger partial charge in [-0.2, -0.15) is 0 Å². The second-order valence-electron chi connectivity index (χ2n) is 9.16. The Hall–Kier alpha value is -3.27. The molecule has 5 rings (SSSR count). The van der Waals surface area contributed by atoms with Crippen LogP contribution in [-0.2, 0) is 16.6 Å². The lowest BCUT2D eigenvalue weighted by Crippen LogP contribution is -2.29. The first-order valence-electron chi connectivity index (χ1n) is 11.6. The van der Waals surface area contributed by atoms with Crippen molar-refractivity contribution in [1.29, 1.82) is 0 Å². The van der Waals surface area contributed by atoms with Crippen molar-refractivity contribution >= 4 is 26.7 Å². The number of aromatic nitrogens is 2. The minimum atomic E-state index is -3.73. The molecule has 7 nitrogen and oxygen atoms in total. The molecule has 1 saturated heterocycles. The molecule has 1 fully saturated rings. The van der Waals surface area contributed by atoms with Gasteiger partial charge in [0.1, 0.15) is 11.5 Å². The number of H-pyrrole nitrogens is 1. The number of sulfonamides is 1. The highest BCUT2D eigenvalue weighted by molar-refractivity contribution is 7.89. The van der Waals surface area contributed by atoms with Gasteiger partial charge in [0.2, 0.25) is 10.0 Å².